The molecule has 9 aromatic rings. The molecule has 0 radical (unpaired) electrons. The molecule has 0 amide bonds. The van der Waals surface area contributed by atoms with Gasteiger partial charge in [0.2, 0.25) is 0 Å². The smallest absolute Gasteiger partial charge is 0.135 e. The maximum atomic E-state index is 6.09. The standard InChI is InChI=1S/C40H25NO/c1-2-10-32-30(27-19-24-40-36(25-27)35-13-5-8-16-39(35)42-40)23-22-29(31(32)9-1)26-17-20-28(21-18-26)41-37-14-6-3-11-33(37)34-12-4-7-15-38(34)41/h1-25H. The summed E-state index contributed by atoms with van der Waals surface area (Å²) in [6, 6.07) is 54.4. The summed E-state index contributed by atoms with van der Waals surface area (Å²) < 4.78 is 8.46. The van der Waals surface area contributed by atoms with E-state index >= 15 is 0 Å². The summed E-state index contributed by atoms with van der Waals surface area (Å²) in [6.07, 6.45) is 0. The number of rotatable bonds is 3. The molecular weight excluding hydrogens is 510 g/mol. The molecule has 0 aliphatic heterocycles. The third-order valence-electron chi connectivity index (χ3n) is 8.63. The summed E-state index contributed by atoms with van der Waals surface area (Å²) in [5, 5.41) is 7.35. The van der Waals surface area contributed by atoms with Crippen molar-refractivity contribution >= 4 is 54.5 Å². The van der Waals surface area contributed by atoms with Crippen LogP contribution in [0, 0.1) is 0 Å². The molecule has 0 atom stereocenters. The Labute approximate surface area is 242 Å². The Hall–Kier alpha value is -5.60. The molecule has 196 valence electrons. The SMILES string of the molecule is c1ccc2c(c1)oc1ccc(-c3ccc(-c4ccc(-n5c6ccccc6c6ccccc65)cc4)c4ccccc34)cc12. The first-order valence-corrected chi connectivity index (χ1v) is 14.4. The average Bonchev–Trinajstić information content (AvgIpc) is 3.60. The van der Waals surface area contributed by atoms with Crippen molar-refractivity contribution in [2.45, 2.75) is 0 Å². The molecule has 0 fully saturated rings. The first-order valence-electron chi connectivity index (χ1n) is 14.4. The highest BCUT2D eigenvalue weighted by atomic mass is 16.3. The molecule has 42 heavy (non-hydrogen) atoms. The molecule has 0 N–H and O–H groups in total. The van der Waals surface area contributed by atoms with Gasteiger partial charge in [-0.1, -0.05) is 109 Å². The molecule has 2 aromatic heterocycles. The van der Waals surface area contributed by atoms with Crippen molar-refractivity contribution < 1.29 is 4.42 Å². The topological polar surface area (TPSA) is 18.1 Å². The van der Waals surface area contributed by atoms with Crippen LogP contribution < -0.4 is 0 Å². The van der Waals surface area contributed by atoms with Gasteiger partial charge in [-0.15, -0.1) is 0 Å². The van der Waals surface area contributed by atoms with Crippen LogP contribution in [0.5, 0.6) is 0 Å². The van der Waals surface area contributed by atoms with Crippen molar-refractivity contribution in [3.63, 3.8) is 0 Å². The van der Waals surface area contributed by atoms with Crippen LogP contribution in [0.15, 0.2) is 156 Å². The molecule has 0 bridgehead atoms. The second kappa shape index (κ2) is 8.95. The predicted octanol–water partition coefficient (Wildman–Crippen LogP) is 11.2. The number of para-hydroxylation sites is 3. The summed E-state index contributed by atoms with van der Waals surface area (Å²) in [5.74, 6) is 0. The van der Waals surface area contributed by atoms with E-state index in [0.717, 1.165) is 27.6 Å². The Morgan fingerprint density at radius 2 is 0.857 bits per heavy atom. The Morgan fingerprint density at radius 3 is 1.52 bits per heavy atom. The first-order chi connectivity index (χ1) is 20.8. The summed E-state index contributed by atoms with van der Waals surface area (Å²) in [7, 11) is 0. The van der Waals surface area contributed by atoms with Crippen molar-refractivity contribution in [1.82, 2.24) is 4.57 Å². The Balaban J connectivity index is 1.17. The monoisotopic (exact) mass is 535 g/mol. The Kier molecular flexibility index (Phi) is 4.93. The van der Waals surface area contributed by atoms with Gasteiger partial charge in [0.05, 0.1) is 11.0 Å². The van der Waals surface area contributed by atoms with Crippen LogP contribution in [-0.4, -0.2) is 4.57 Å². The van der Waals surface area contributed by atoms with Crippen molar-refractivity contribution in [1.29, 1.82) is 0 Å². The van der Waals surface area contributed by atoms with Crippen molar-refractivity contribution in [3.8, 4) is 27.9 Å². The number of benzene rings is 7. The highest BCUT2D eigenvalue weighted by Crippen LogP contribution is 2.39. The third-order valence-corrected chi connectivity index (χ3v) is 8.63. The van der Waals surface area contributed by atoms with Gasteiger partial charge in [0.25, 0.3) is 0 Å². The minimum Gasteiger partial charge on any atom is -0.456 e. The zero-order chi connectivity index (χ0) is 27.6. The van der Waals surface area contributed by atoms with Gasteiger partial charge < -0.3 is 8.98 Å². The molecular formula is C40H25NO. The van der Waals surface area contributed by atoms with E-state index in [2.05, 4.69) is 144 Å². The Bertz CT molecular complexity index is 2400. The zero-order valence-corrected chi connectivity index (χ0v) is 22.8. The van der Waals surface area contributed by atoms with E-state index in [0.29, 0.717) is 0 Å². The highest BCUT2D eigenvalue weighted by molar-refractivity contribution is 6.10. The number of nitrogens with zero attached hydrogens (tertiary/aromatic N) is 1. The fourth-order valence-corrected chi connectivity index (χ4v) is 6.69. The maximum Gasteiger partial charge on any atom is 0.135 e. The summed E-state index contributed by atoms with van der Waals surface area (Å²) in [5.41, 5.74) is 10.3. The quantitative estimate of drug-likeness (QED) is 0.220. The van der Waals surface area contributed by atoms with Gasteiger partial charge in [-0.3, -0.25) is 0 Å². The van der Waals surface area contributed by atoms with E-state index in [-0.39, 0.29) is 0 Å². The lowest BCUT2D eigenvalue weighted by Gasteiger charge is -2.13. The largest absolute Gasteiger partial charge is 0.456 e. The zero-order valence-electron chi connectivity index (χ0n) is 22.8. The predicted molar refractivity (Wildman–Crippen MR) is 176 cm³/mol. The van der Waals surface area contributed by atoms with Crippen molar-refractivity contribution in [2.75, 3.05) is 0 Å². The molecule has 9 rings (SSSR count). The van der Waals surface area contributed by atoms with E-state index in [1.54, 1.807) is 0 Å². The van der Waals surface area contributed by atoms with Crippen molar-refractivity contribution in [3.05, 3.63) is 152 Å². The lowest BCUT2D eigenvalue weighted by atomic mass is 9.91. The van der Waals surface area contributed by atoms with Crippen LogP contribution in [0.4, 0.5) is 0 Å². The normalized spacial score (nSPS) is 11.8. The Morgan fingerprint density at radius 1 is 0.357 bits per heavy atom. The summed E-state index contributed by atoms with van der Waals surface area (Å²) in [4.78, 5) is 0. The number of furan rings is 1. The molecule has 0 aliphatic carbocycles. The van der Waals surface area contributed by atoms with E-state index in [1.807, 2.05) is 12.1 Å². The lowest BCUT2D eigenvalue weighted by Crippen LogP contribution is -1.93. The fourth-order valence-electron chi connectivity index (χ4n) is 6.69. The number of aromatic nitrogens is 1. The molecule has 0 saturated carbocycles. The molecule has 0 unspecified atom stereocenters. The van der Waals surface area contributed by atoms with Crippen LogP contribution in [0.3, 0.4) is 0 Å². The van der Waals surface area contributed by atoms with Crippen LogP contribution in [0.2, 0.25) is 0 Å². The van der Waals surface area contributed by atoms with E-state index in [9.17, 15) is 0 Å². The number of fused-ring (bicyclic) bond motifs is 7. The van der Waals surface area contributed by atoms with Gasteiger partial charge in [-0.2, -0.15) is 0 Å². The number of hydrogen-bond donors (Lipinski definition) is 0. The molecule has 0 saturated heterocycles. The average molecular weight is 536 g/mol. The van der Waals surface area contributed by atoms with Crippen molar-refractivity contribution in [2.24, 2.45) is 0 Å². The van der Waals surface area contributed by atoms with Crippen LogP contribution in [0.25, 0.3) is 82.5 Å². The maximum absolute atomic E-state index is 6.09. The third kappa shape index (κ3) is 3.39. The minimum atomic E-state index is 0.921. The molecule has 2 heteroatoms. The lowest BCUT2D eigenvalue weighted by molar-refractivity contribution is 0.669. The summed E-state index contributed by atoms with van der Waals surface area (Å²) in [6.45, 7) is 0. The second-order valence-corrected chi connectivity index (χ2v) is 10.9. The van der Waals surface area contributed by atoms with Crippen LogP contribution >= 0.6 is 0 Å². The second-order valence-electron chi connectivity index (χ2n) is 10.9. The van der Waals surface area contributed by atoms with Gasteiger partial charge in [0.1, 0.15) is 11.2 Å². The van der Waals surface area contributed by atoms with Crippen LogP contribution in [-0.2, 0) is 0 Å². The summed E-state index contributed by atoms with van der Waals surface area (Å²) >= 11 is 0. The van der Waals surface area contributed by atoms with Gasteiger partial charge in [0.15, 0.2) is 0 Å². The van der Waals surface area contributed by atoms with Gasteiger partial charge in [0, 0.05) is 27.2 Å². The molecule has 7 aromatic carbocycles. The van der Waals surface area contributed by atoms with E-state index in [1.165, 1.54) is 54.8 Å². The van der Waals surface area contributed by atoms with Crippen LogP contribution in [0.1, 0.15) is 0 Å². The molecule has 2 heterocycles. The van der Waals surface area contributed by atoms with E-state index < -0.39 is 0 Å². The van der Waals surface area contributed by atoms with E-state index in [4.69, 9.17) is 4.42 Å². The number of hydrogen-bond acceptors (Lipinski definition) is 1. The highest BCUT2D eigenvalue weighted by Gasteiger charge is 2.14. The molecule has 0 aliphatic rings. The minimum absolute atomic E-state index is 0.921. The fraction of sp³-hybridized carbons (Fsp3) is 0. The molecule has 2 nitrogen and oxygen atoms in total. The van der Waals surface area contributed by atoms with Gasteiger partial charge >= 0.3 is 0 Å². The first kappa shape index (κ1) is 23.1. The van der Waals surface area contributed by atoms with Gasteiger partial charge in [-0.25, -0.2) is 0 Å². The molecule has 0 spiro atoms. The van der Waals surface area contributed by atoms with Gasteiger partial charge in [-0.05, 0) is 75.5 Å².